The summed E-state index contributed by atoms with van der Waals surface area (Å²) in [6.45, 7) is 0.385. The van der Waals surface area contributed by atoms with Crippen molar-refractivity contribution in [1.29, 1.82) is 0 Å². The van der Waals surface area contributed by atoms with Gasteiger partial charge in [-0.3, -0.25) is 25.2 Å². The molecule has 2 aromatic carbocycles. The summed E-state index contributed by atoms with van der Waals surface area (Å²) in [5, 5.41) is 0.903. The van der Waals surface area contributed by atoms with E-state index < -0.39 is 5.91 Å². The Morgan fingerprint density at radius 1 is 1.06 bits per heavy atom. The van der Waals surface area contributed by atoms with E-state index in [1.165, 1.54) is 4.90 Å². The van der Waals surface area contributed by atoms with Gasteiger partial charge in [-0.2, -0.15) is 0 Å². The molecule has 3 rings (SSSR count). The fourth-order valence-corrected chi connectivity index (χ4v) is 3.35. The number of para-hydroxylation sites is 2. The third-order valence-electron chi connectivity index (χ3n) is 4.41. The monoisotopic (exact) mass is 465 g/mol. The number of hydrazine groups is 1. The molecule has 0 aliphatic carbocycles. The fraction of sp³-hybridized carbons (Fsp3) is 0.286. The molecule has 0 radical (unpaired) electrons. The van der Waals surface area contributed by atoms with Crippen LogP contribution >= 0.6 is 23.2 Å². The lowest BCUT2D eigenvalue weighted by molar-refractivity contribution is -0.129. The van der Waals surface area contributed by atoms with Crippen molar-refractivity contribution < 1.29 is 23.9 Å². The third-order valence-corrected chi connectivity index (χ3v) is 4.94. The highest BCUT2D eigenvalue weighted by molar-refractivity contribution is 6.35. The van der Waals surface area contributed by atoms with Crippen LogP contribution < -0.4 is 25.2 Å². The number of rotatable bonds is 8. The summed E-state index contributed by atoms with van der Waals surface area (Å²) in [5.41, 5.74) is 5.32. The van der Waals surface area contributed by atoms with Gasteiger partial charge in [0, 0.05) is 24.4 Å². The molecule has 2 N–H and O–H groups in total. The fourth-order valence-electron chi connectivity index (χ4n) is 2.88. The maximum Gasteiger partial charge on any atom is 0.265 e. The first-order valence-corrected chi connectivity index (χ1v) is 10.4. The quantitative estimate of drug-likeness (QED) is 0.461. The van der Waals surface area contributed by atoms with E-state index in [9.17, 15) is 14.4 Å². The Labute approximate surface area is 189 Å². The highest BCUT2D eigenvalue weighted by Gasteiger charge is 2.25. The number of carbonyl (C=O) groups excluding carboxylic acids is 3. The maximum atomic E-state index is 12.1. The normalized spacial score (nSPS) is 12.6. The molecular weight excluding hydrogens is 445 g/mol. The second-order valence-electron chi connectivity index (χ2n) is 6.67. The van der Waals surface area contributed by atoms with Crippen LogP contribution in [-0.2, 0) is 14.4 Å². The molecule has 0 saturated heterocycles. The molecule has 0 unspecified atom stereocenters. The summed E-state index contributed by atoms with van der Waals surface area (Å²) in [7, 11) is 0. The number of nitrogens with zero attached hydrogens (tertiary/aromatic N) is 1. The predicted molar refractivity (Wildman–Crippen MR) is 116 cm³/mol. The predicted octanol–water partition coefficient (Wildman–Crippen LogP) is 3.12. The van der Waals surface area contributed by atoms with E-state index >= 15 is 0 Å². The van der Waals surface area contributed by atoms with Gasteiger partial charge in [0.1, 0.15) is 11.5 Å². The van der Waals surface area contributed by atoms with E-state index in [0.717, 1.165) is 0 Å². The summed E-state index contributed by atoms with van der Waals surface area (Å²) in [4.78, 5) is 37.5. The van der Waals surface area contributed by atoms with Crippen molar-refractivity contribution in [3.63, 3.8) is 0 Å². The van der Waals surface area contributed by atoms with Gasteiger partial charge in [-0.1, -0.05) is 35.3 Å². The van der Waals surface area contributed by atoms with Crippen LogP contribution in [0.2, 0.25) is 10.0 Å². The molecule has 1 aliphatic heterocycles. The molecular formula is C21H21Cl2N3O5. The number of halogens is 2. The van der Waals surface area contributed by atoms with Crippen LogP contribution in [-0.4, -0.2) is 37.5 Å². The largest absolute Gasteiger partial charge is 0.492 e. The van der Waals surface area contributed by atoms with Gasteiger partial charge in [0.2, 0.25) is 11.8 Å². The standard InChI is InChI=1S/C21H21Cl2N3O5/c22-14-7-8-17(15(23)12-14)30-11-3-6-19(27)24-25-20(28)9-10-26-16-4-1-2-5-18(16)31-13-21(26)29/h1-2,4-5,7-8,12H,3,6,9-11,13H2,(H,24,27)(H,25,28). The number of benzene rings is 2. The Morgan fingerprint density at radius 3 is 2.58 bits per heavy atom. The first-order chi connectivity index (χ1) is 14.9. The molecule has 8 nitrogen and oxygen atoms in total. The summed E-state index contributed by atoms with van der Waals surface area (Å²) < 4.78 is 10.9. The van der Waals surface area contributed by atoms with Crippen LogP contribution in [0.15, 0.2) is 42.5 Å². The highest BCUT2D eigenvalue weighted by atomic mass is 35.5. The van der Waals surface area contributed by atoms with Gasteiger partial charge in [0.25, 0.3) is 5.91 Å². The number of ether oxygens (including phenoxy) is 2. The number of carbonyl (C=O) groups is 3. The van der Waals surface area contributed by atoms with E-state index in [2.05, 4.69) is 10.9 Å². The van der Waals surface area contributed by atoms with Crippen molar-refractivity contribution in [3.05, 3.63) is 52.5 Å². The van der Waals surface area contributed by atoms with Crippen molar-refractivity contribution in [3.8, 4) is 11.5 Å². The summed E-state index contributed by atoms with van der Waals surface area (Å²) in [6.07, 6.45) is 0.610. The number of hydrogen-bond donors (Lipinski definition) is 2. The van der Waals surface area contributed by atoms with Gasteiger partial charge < -0.3 is 14.4 Å². The zero-order chi connectivity index (χ0) is 22.2. The molecule has 0 fully saturated rings. The average Bonchev–Trinajstić information content (AvgIpc) is 2.75. The van der Waals surface area contributed by atoms with E-state index in [0.29, 0.717) is 33.7 Å². The lowest BCUT2D eigenvalue weighted by atomic mass is 10.2. The molecule has 0 aromatic heterocycles. The van der Waals surface area contributed by atoms with Crippen LogP contribution in [0.4, 0.5) is 5.69 Å². The highest BCUT2D eigenvalue weighted by Crippen LogP contribution is 2.31. The lowest BCUT2D eigenvalue weighted by Crippen LogP contribution is -2.44. The third kappa shape index (κ3) is 6.50. The van der Waals surface area contributed by atoms with Gasteiger partial charge in [0.05, 0.1) is 17.3 Å². The summed E-state index contributed by atoms with van der Waals surface area (Å²) >= 11 is 11.8. The number of anilines is 1. The smallest absolute Gasteiger partial charge is 0.265 e. The van der Waals surface area contributed by atoms with Gasteiger partial charge in [0.15, 0.2) is 6.61 Å². The Morgan fingerprint density at radius 2 is 1.81 bits per heavy atom. The molecule has 3 amide bonds. The second kappa shape index (κ2) is 10.9. The molecule has 31 heavy (non-hydrogen) atoms. The zero-order valence-electron chi connectivity index (χ0n) is 16.5. The van der Waals surface area contributed by atoms with Gasteiger partial charge in [-0.25, -0.2) is 0 Å². The first kappa shape index (κ1) is 22.7. The first-order valence-electron chi connectivity index (χ1n) is 9.62. The molecule has 0 atom stereocenters. The molecule has 0 saturated carbocycles. The van der Waals surface area contributed by atoms with Crippen LogP contribution in [0, 0.1) is 0 Å². The second-order valence-corrected chi connectivity index (χ2v) is 7.52. The summed E-state index contributed by atoms with van der Waals surface area (Å²) in [5.74, 6) is 0.0921. The van der Waals surface area contributed by atoms with Gasteiger partial charge in [-0.05, 0) is 36.8 Å². The summed E-state index contributed by atoms with van der Waals surface area (Å²) in [6, 6.07) is 12.0. The minimum atomic E-state index is -0.408. The number of fused-ring (bicyclic) bond motifs is 1. The number of nitrogens with one attached hydrogen (secondary N) is 2. The lowest BCUT2D eigenvalue weighted by Gasteiger charge is -2.29. The average molecular weight is 466 g/mol. The van der Waals surface area contributed by atoms with Crippen LogP contribution in [0.25, 0.3) is 0 Å². The molecule has 0 bridgehead atoms. The van der Waals surface area contributed by atoms with Crippen LogP contribution in [0.3, 0.4) is 0 Å². The van der Waals surface area contributed by atoms with Gasteiger partial charge >= 0.3 is 0 Å². The van der Waals surface area contributed by atoms with Crippen LogP contribution in [0.1, 0.15) is 19.3 Å². The van der Waals surface area contributed by atoms with Crippen molar-refractivity contribution in [2.75, 3.05) is 24.7 Å². The Hall–Kier alpha value is -2.97. The van der Waals surface area contributed by atoms with E-state index in [-0.39, 0.29) is 44.4 Å². The Balaban J connectivity index is 1.34. The number of amides is 3. The molecule has 164 valence electrons. The van der Waals surface area contributed by atoms with E-state index in [1.54, 1.807) is 36.4 Å². The van der Waals surface area contributed by atoms with Crippen molar-refractivity contribution >= 4 is 46.6 Å². The van der Waals surface area contributed by atoms with E-state index in [4.69, 9.17) is 32.7 Å². The van der Waals surface area contributed by atoms with Crippen molar-refractivity contribution in [1.82, 2.24) is 10.9 Å². The Bertz CT molecular complexity index is 970. The molecule has 1 aliphatic rings. The Kier molecular flexibility index (Phi) is 7.97. The maximum absolute atomic E-state index is 12.1. The van der Waals surface area contributed by atoms with Crippen molar-refractivity contribution in [2.24, 2.45) is 0 Å². The number of hydrogen-bond acceptors (Lipinski definition) is 5. The minimum absolute atomic E-state index is 0.0263. The minimum Gasteiger partial charge on any atom is -0.492 e. The van der Waals surface area contributed by atoms with Gasteiger partial charge in [-0.15, -0.1) is 0 Å². The van der Waals surface area contributed by atoms with Crippen molar-refractivity contribution in [2.45, 2.75) is 19.3 Å². The molecule has 1 heterocycles. The van der Waals surface area contributed by atoms with Crippen LogP contribution in [0.5, 0.6) is 11.5 Å². The van der Waals surface area contributed by atoms with E-state index in [1.807, 2.05) is 6.07 Å². The SMILES string of the molecule is O=C(CCCOc1ccc(Cl)cc1Cl)NNC(=O)CCN1C(=O)COc2ccccc21. The molecule has 10 heteroatoms. The topological polar surface area (TPSA) is 97.0 Å². The zero-order valence-corrected chi connectivity index (χ0v) is 18.0. The molecule has 2 aromatic rings. The molecule has 0 spiro atoms.